The van der Waals surface area contributed by atoms with Gasteiger partial charge in [-0.3, -0.25) is 4.57 Å². The van der Waals surface area contributed by atoms with Crippen LogP contribution in [0.2, 0.25) is 0 Å². The molecule has 0 radical (unpaired) electrons. The molecule has 0 saturated heterocycles. The second kappa shape index (κ2) is 8.43. The van der Waals surface area contributed by atoms with Crippen LogP contribution in [0.3, 0.4) is 0 Å². The maximum Gasteiger partial charge on any atom is 0.331 e. The van der Waals surface area contributed by atoms with E-state index >= 15 is 0 Å². The lowest BCUT2D eigenvalue weighted by atomic mass is 10.2. The number of benzene rings is 1. The van der Waals surface area contributed by atoms with Crippen LogP contribution in [0.1, 0.15) is 19.4 Å². The summed E-state index contributed by atoms with van der Waals surface area (Å²) in [4.78, 5) is 0. The first-order chi connectivity index (χ1) is 9.09. The second-order valence-corrected chi connectivity index (χ2v) is 6.16. The van der Waals surface area contributed by atoms with Crippen molar-refractivity contribution in [2.45, 2.75) is 20.4 Å². The van der Waals surface area contributed by atoms with Crippen molar-refractivity contribution >= 4 is 7.60 Å². The van der Waals surface area contributed by atoms with Crippen molar-refractivity contribution in [1.82, 2.24) is 5.32 Å². The minimum absolute atomic E-state index is 0.256. The molecule has 1 rings (SSSR count). The lowest BCUT2D eigenvalue weighted by Gasteiger charge is -2.17. The summed E-state index contributed by atoms with van der Waals surface area (Å²) in [5, 5.41) is 3.10. The van der Waals surface area contributed by atoms with Crippen molar-refractivity contribution in [3.05, 3.63) is 35.6 Å². The smallest absolute Gasteiger partial charge is 0.312 e. The molecule has 0 aliphatic carbocycles. The molecule has 0 bridgehead atoms. The van der Waals surface area contributed by atoms with Crippen molar-refractivity contribution in [3.63, 3.8) is 0 Å². The van der Waals surface area contributed by atoms with Gasteiger partial charge in [0.1, 0.15) is 5.82 Å². The summed E-state index contributed by atoms with van der Waals surface area (Å²) >= 11 is 0. The molecule has 1 aromatic carbocycles. The summed E-state index contributed by atoms with van der Waals surface area (Å²) < 4.78 is 35.4. The van der Waals surface area contributed by atoms with Crippen LogP contribution in [-0.2, 0) is 20.2 Å². The second-order valence-electron chi connectivity index (χ2n) is 3.98. The molecule has 0 aliphatic rings. The van der Waals surface area contributed by atoms with Crippen molar-refractivity contribution < 1.29 is 18.0 Å². The van der Waals surface area contributed by atoms with Gasteiger partial charge in [0.2, 0.25) is 0 Å². The largest absolute Gasteiger partial charge is 0.331 e. The summed E-state index contributed by atoms with van der Waals surface area (Å²) in [6.45, 7) is 5.31. The number of hydrogen-bond acceptors (Lipinski definition) is 4. The number of nitrogens with one attached hydrogen (secondary N) is 1. The van der Waals surface area contributed by atoms with Crippen LogP contribution < -0.4 is 5.32 Å². The van der Waals surface area contributed by atoms with Gasteiger partial charge in [-0.05, 0) is 31.5 Å². The highest BCUT2D eigenvalue weighted by Gasteiger charge is 2.22. The van der Waals surface area contributed by atoms with Gasteiger partial charge in [-0.25, -0.2) is 4.39 Å². The lowest BCUT2D eigenvalue weighted by molar-refractivity contribution is 0.220. The fraction of sp³-hybridized carbons (Fsp3) is 0.538. The Bertz CT molecular complexity index is 418. The van der Waals surface area contributed by atoms with E-state index in [1.54, 1.807) is 19.9 Å². The fourth-order valence-corrected chi connectivity index (χ4v) is 3.21. The summed E-state index contributed by atoms with van der Waals surface area (Å²) in [6.07, 6.45) is 0.310. The molecule has 0 unspecified atom stereocenters. The maximum atomic E-state index is 13.0. The van der Waals surface area contributed by atoms with Crippen molar-refractivity contribution in [2.75, 3.05) is 25.9 Å². The Balaban J connectivity index is 2.34. The van der Waals surface area contributed by atoms with Crippen LogP contribution in [0.25, 0.3) is 0 Å². The topological polar surface area (TPSA) is 47.6 Å². The van der Waals surface area contributed by atoms with Crippen LogP contribution in [0.15, 0.2) is 24.3 Å². The van der Waals surface area contributed by atoms with Gasteiger partial charge in [0, 0.05) is 13.1 Å². The van der Waals surface area contributed by atoms with Crippen molar-refractivity contribution in [2.24, 2.45) is 0 Å². The molecule has 0 atom stereocenters. The molecule has 0 aliphatic heterocycles. The predicted molar refractivity (Wildman–Crippen MR) is 73.8 cm³/mol. The van der Waals surface area contributed by atoms with Gasteiger partial charge in [-0.15, -0.1) is 0 Å². The predicted octanol–water partition coefficient (Wildman–Crippen LogP) is 3.18. The Morgan fingerprint density at radius 1 is 1.26 bits per heavy atom. The Morgan fingerprint density at radius 2 is 1.95 bits per heavy atom. The normalized spacial score (nSPS) is 11.7. The molecule has 0 heterocycles. The third-order valence-electron chi connectivity index (χ3n) is 2.43. The van der Waals surface area contributed by atoms with Gasteiger partial charge in [0.25, 0.3) is 0 Å². The number of rotatable bonds is 9. The van der Waals surface area contributed by atoms with Crippen LogP contribution in [0.4, 0.5) is 4.39 Å². The third kappa shape index (κ3) is 6.30. The molecule has 6 heteroatoms. The van der Waals surface area contributed by atoms with Gasteiger partial charge < -0.3 is 14.4 Å². The van der Waals surface area contributed by atoms with Crippen LogP contribution in [0.5, 0.6) is 0 Å². The summed E-state index contributed by atoms with van der Waals surface area (Å²) in [5.41, 5.74) is 0.850. The SMILES string of the molecule is CCOP(=O)(CCNCc1cccc(F)c1)OCC. The highest BCUT2D eigenvalue weighted by atomic mass is 31.2. The van der Waals surface area contributed by atoms with Gasteiger partial charge in [-0.1, -0.05) is 12.1 Å². The first-order valence-electron chi connectivity index (χ1n) is 6.43. The molecule has 1 aromatic rings. The number of halogens is 1. The first kappa shape index (κ1) is 16.3. The molecule has 0 aromatic heterocycles. The monoisotopic (exact) mass is 289 g/mol. The molecule has 108 valence electrons. The van der Waals surface area contributed by atoms with Crippen LogP contribution in [-0.4, -0.2) is 25.9 Å². The fourth-order valence-electron chi connectivity index (χ4n) is 1.66. The van der Waals surface area contributed by atoms with E-state index in [0.717, 1.165) is 5.56 Å². The lowest BCUT2D eigenvalue weighted by Crippen LogP contribution is -2.19. The van der Waals surface area contributed by atoms with E-state index in [2.05, 4.69) is 5.32 Å². The van der Waals surface area contributed by atoms with E-state index in [-0.39, 0.29) is 5.82 Å². The molecule has 0 fully saturated rings. The molecular formula is C13H21FNO3P. The van der Waals surface area contributed by atoms with E-state index in [1.807, 2.05) is 6.07 Å². The minimum atomic E-state index is -2.99. The average molecular weight is 289 g/mol. The standard InChI is InChI=1S/C13H21FNO3P/c1-3-17-19(16,18-4-2)9-8-15-11-12-6-5-7-13(14)10-12/h5-7,10,15H,3-4,8-9,11H2,1-2H3. The number of hydrogen-bond donors (Lipinski definition) is 1. The molecule has 19 heavy (non-hydrogen) atoms. The zero-order chi connectivity index (χ0) is 14.1. The molecular weight excluding hydrogens is 268 g/mol. The first-order valence-corrected chi connectivity index (χ1v) is 8.15. The van der Waals surface area contributed by atoms with Gasteiger partial charge >= 0.3 is 7.60 Å². The van der Waals surface area contributed by atoms with E-state index in [1.165, 1.54) is 12.1 Å². The Labute approximate surface area is 113 Å². The molecule has 0 spiro atoms. The van der Waals surface area contributed by atoms with Gasteiger partial charge in [0.15, 0.2) is 0 Å². The zero-order valence-corrected chi connectivity index (χ0v) is 12.3. The summed E-state index contributed by atoms with van der Waals surface area (Å²) in [7, 11) is -2.99. The molecule has 0 saturated carbocycles. The summed E-state index contributed by atoms with van der Waals surface area (Å²) in [6, 6.07) is 6.37. The summed E-state index contributed by atoms with van der Waals surface area (Å²) in [5.74, 6) is -0.256. The van der Waals surface area contributed by atoms with E-state index in [9.17, 15) is 8.96 Å². The van der Waals surface area contributed by atoms with Gasteiger partial charge in [0.05, 0.1) is 19.4 Å². The molecule has 4 nitrogen and oxygen atoms in total. The highest BCUT2D eigenvalue weighted by Crippen LogP contribution is 2.47. The van der Waals surface area contributed by atoms with Crippen molar-refractivity contribution in [1.29, 1.82) is 0 Å². The highest BCUT2D eigenvalue weighted by molar-refractivity contribution is 7.53. The Morgan fingerprint density at radius 3 is 2.53 bits per heavy atom. The quantitative estimate of drug-likeness (QED) is 0.560. The van der Waals surface area contributed by atoms with Crippen molar-refractivity contribution in [3.8, 4) is 0 Å². The zero-order valence-electron chi connectivity index (χ0n) is 11.4. The van der Waals surface area contributed by atoms with Gasteiger partial charge in [-0.2, -0.15) is 0 Å². The van der Waals surface area contributed by atoms with E-state index in [0.29, 0.717) is 32.5 Å². The van der Waals surface area contributed by atoms with Crippen LogP contribution >= 0.6 is 7.60 Å². The minimum Gasteiger partial charge on any atom is -0.312 e. The maximum absolute atomic E-state index is 13.0. The van der Waals surface area contributed by atoms with E-state index < -0.39 is 7.60 Å². The molecule has 0 amide bonds. The Kier molecular flexibility index (Phi) is 7.24. The van der Waals surface area contributed by atoms with E-state index in [4.69, 9.17) is 9.05 Å². The molecule has 1 N–H and O–H groups in total. The average Bonchev–Trinajstić information content (AvgIpc) is 2.35. The third-order valence-corrected chi connectivity index (χ3v) is 4.51. The Hall–Kier alpha value is -0.740. The van der Waals surface area contributed by atoms with Crippen LogP contribution in [0, 0.1) is 5.82 Å².